The normalized spacial score (nSPS) is 17.6. The summed E-state index contributed by atoms with van der Waals surface area (Å²) in [6.07, 6.45) is 2.56. The van der Waals surface area contributed by atoms with Gasteiger partial charge in [-0.1, -0.05) is 11.3 Å². The van der Waals surface area contributed by atoms with E-state index in [0.29, 0.717) is 6.04 Å². The van der Waals surface area contributed by atoms with E-state index in [-0.39, 0.29) is 0 Å². The molecule has 0 saturated carbocycles. The monoisotopic (exact) mass is 254 g/mol. The SMILES string of the molecule is Cc1nnc(N(CC2CCNCC2)C(C)C)s1. The fraction of sp³-hybridized carbons (Fsp3) is 0.833. The van der Waals surface area contributed by atoms with Gasteiger partial charge in [0.25, 0.3) is 0 Å². The summed E-state index contributed by atoms with van der Waals surface area (Å²) in [5, 5.41) is 14.0. The highest BCUT2D eigenvalue weighted by atomic mass is 32.1. The molecule has 1 saturated heterocycles. The molecule has 1 N–H and O–H groups in total. The van der Waals surface area contributed by atoms with Crippen LogP contribution >= 0.6 is 11.3 Å². The lowest BCUT2D eigenvalue weighted by Crippen LogP contribution is -2.39. The van der Waals surface area contributed by atoms with Crippen LogP contribution in [0.25, 0.3) is 0 Å². The number of aryl methyl sites for hydroxylation is 1. The van der Waals surface area contributed by atoms with Crippen molar-refractivity contribution in [2.75, 3.05) is 24.5 Å². The van der Waals surface area contributed by atoms with E-state index in [9.17, 15) is 0 Å². The summed E-state index contributed by atoms with van der Waals surface area (Å²) in [6, 6.07) is 0.497. The van der Waals surface area contributed by atoms with E-state index in [1.807, 2.05) is 6.92 Å². The van der Waals surface area contributed by atoms with Gasteiger partial charge in [0.1, 0.15) is 5.01 Å². The molecule has 0 unspecified atom stereocenters. The number of anilines is 1. The Morgan fingerprint density at radius 2 is 2.06 bits per heavy atom. The molecule has 1 aliphatic rings. The third-order valence-corrected chi connectivity index (χ3v) is 4.17. The summed E-state index contributed by atoms with van der Waals surface area (Å²) in [5.74, 6) is 0.794. The second-order valence-corrected chi connectivity index (χ2v) is 6.20. The second-order valence-electron chi connectivity index (χ2n) is 5.04. The lowest BCUT2D eigenvalue weighted by molar-refractivity contribution is 0.367. The summed E-state index contributed by atoms with van der Waals surface area (Å²) in [5.41, 5.74) is 0. The molecule has 0 bridgehead atoms. The van der Waals surface area contributed by atoms with Crippen molar-refractivity contribution >= 4 is 16.5 Å². The van der Waals surface area contributed by atoms with Crippen LogP contribution < -0.4 is 10.2 Å². The first-order valence-corrected chi connectivity index (χ1v) is 7.26. The molecule has 0 aromatic carbocycles. The number of piperidine rings is 1. The van der Waals surface area contributed by atoms with E-state index < -0.39 is 0 Å². The van der Waals surface area contributed by atoms with Gasteiger partial charge in [-0.05, 0) is 52.6 Å². The van der Waals surface area contributed by atoms with Crippen molar-refractivity contribution in [1.82, 2.24) is 15.5 Å². The van der Waals surface area contributed by atoms with Crippen LogP contribution in [0.2, 0.25) is 0 Å². The lowest BCUT2D eigenvalue weighted by Gasteiger charge is -2.32. The van der Waals surface area contributed by atoms with E-state index in [1.165, 1.54) is 12.8 Å². The van der Waals surface area contributed by atoms with E-state index in [4.69, 9.17) is 0 Å². The van der Waals surface area contributed by atoms with Gasteiger partial charge in [-0.3, -0.25) is 0 Å². The zero-order chi connectivity index (χ0) is 12.3. The zero-order valence-electron chi connectivity index (χ0n) is 10.9. The molecule has 1 aromatic heterocycles. The van der Waals surface area contributed by atoms with Crippen LogP contribution in [0.4, 0.5) is 5.13 Å². The van der Waals surface area contributed by atoms with Crippen LogP contribution in [0.3, 0.4) is 0 Å². The number of nitrogens with one attached hydrogen (secondary N) is 1. The first-order valence-electron chi connectivity index (χ1n) is 6.44. The van der Waals surface area contributed by atoms with Crippen molar-refractivity contribution in [2.24, 2.45) is 5.92 Å². The average Bonchev–Trinajstić information content (AvgIpc) is 2.73. The van der Waals surface area contributed by atoms with Crippen LogP contribution in [-0.2, 0) is 0 Å². The Labute approximate surface area is 107 Å². The molecule has 0 atom stereocenters. The minimum atomic E-state index is 0.497. The minimum Gasteiger partial charge on any atom is -0.344 e. The highest BCUT2D eigenvalue weighted by Gasteiger charge is 2.21. The van der Waals surface area contributed by atoms with Crippen LogP contribution in [-0.4, -0.2) is 35.9 Å². The summed E-state index contributed by atoms with van der Waals surface area (Å²) < 4.78 is 0. The molecular formula is C12H22N4S. The standard InChI is InChI=1S/C12H22N4S/c1-9(2)16(12-15-14-10(3)17-12)8-11-4-6-13-7-5-11/h9,11,13H,4-8H2,1-3H3. The fourth-order valence-corrected chi connectivity index (χ4v) is 3.08. The Bertz CT molecular complexity index is 344. The Morgan fingerprint density at radius 3 is 2.59 bits per heavy atom. The molecule has 96 valence electrons. The predicted octanol–water partition coefficient (Wildman–Crippen LogP) is 2.06. The summed E-state index contributed by atoms with van der Waals surface area (Å²) in [7, 11) is 0. The van der Waals surface area contributed by atoms with Gasteiger partial charge in [0.15, 0.2) is 0 Å². The van der Waals surface area contributed by atoms with Crippen molar-refractivity contribution in [3.63, 3.8) is 0 Å². The molecule has 0 aliphatic carbocycles. The van der Waals surface area contributed by atoms with Crippen molar-refractivity contribution in [3.8, 4) is 0 Å². The molecule has 4 nitrogen and oxygen atoms in total. The largest absolute Gasteiger partial charge is 0.344 e. The first kappa shape index (κ1) is 12.8. The first-order chi connectivity index (χ1) is 8.16. The number of rotatable bonds is 4. The third kappa shape index (κ3) is 3.39. The van der Waals surface area contributed by atoms with Crippen molar-refractivity contribution in [1.29, 1.82) is 0 Å². The van der Waals surface area contributed by atoms with Crippen LogP contribution in [0.15, 0.2) is 0 Å². The number of aromatic nitrogens is 2. The molecule has 0 amide bonds. The molecule has 0 radical (unpaired) electrons. The fourth-order valence-electron chi connectivity index (χ4n) is 2.25. The van der Waals surface area contributed by atoms with Crippen LogP contribution in [0.1, 0.15) is 31.7 Å². The highest BCUT2D eigenvalue weighted by molar-refractivity contribution is 7.15. The number of nitrogens with zero attached hydrogens (tertiary/aromatic N) is 3. The van der Waals surface area contributed by atoms with Gasteiger partial charge in [-0.15, -0.1) is 10.2 Å². The van der Waals surface area contributed by atoms with Crippen LogP contribution in [0.5, 0.6) is 0 Å². The average molecular weight is 254 g/mol. The topological polar surface area (TPSA) is 41.1 Å². The predicted molar refractivity (Wildman–Crippen MR) is 72.7 cm³/mol. The Kier molecular flexibility index (Phi) is 4.34. The molecule has 0 spiro atoms. The molecule has 17 heavy (non-hydrogen) atoms. The van der Waals surface area contributed by atoms with Gasteiger partial charge >= 0.3 is 0 Å². The van der Waals surface area contributed by atoms with Gasteiger partial charge in [-0.25, -0.2) is 0 Å². The van der Waals surface area contributed by atoms with E-state index in [1.54, 1.807) is 11.3 Å². The summed E-state index contributed by atoms with van der Waals surface area (Å²) in [4.78, 5) is 2.40. The molecule has 2 heterocycles. The smallest absolute Gasteiger partial charge is 0.208 e. The molecule has 2 rings (SSSR count). The summed E-state index contributed by atoms with van der Waals surface area (Å²) >= 11 is 1.70. The Hall–Kier alpha value is -0.680. The minimum absolute atomic E-state index is 0.497. The van der Waals surface area contributed by atoms with Gasteiger partial charge in [-0.2, -0.15) is 0 Å². The molecule has 1 aliphatic heterocycles. The van der Waals surface area contributed by atoms with Gasteiger partial charge < -0.3 is 10.2 Å². The van der Waals surface area contributed by atoms with Gasteiger partial charge in [0.2, 0.25) is 5.13 Å². The maximum absolute atomic E-state index is 4.28. The van der Waals surface area contributed by atoms with Crippen molar-refractivity contribution in [3.05, 3.63) is 5.01 Å². The van der Waals surface area contributed by atoms with Crippen molar-refractivity contribution in [2.45, 2.75) is 39.7 Å². The van der Waals surface area contributed by atoms with E-state index in [2.05, 4.69) is 34.3 Å². The van der Waals surface area contributed by atoms with Crippen molar-refractivity contribution < 1.29 is 0 Å². The number of hydrogen-bond acceptors (Lipinski definition) is 5. The zero-order valence-corrected chi connectivity index (χ0v) is 11.8. The summed E-state index contributed by atoms with van der Waals surface area (Å²) in [6.45, 7) is 9.92. The van der Waals surface area contributed by atoms with E-state index in [0.717, 1.165) is 35.7 Å². The molecular weight excluding hydrogens is 232 g/mol. The maximum atomic E-state index is 4.28. The Balaban J connectivity index is 2.01. The van der Waals surface area contributed by atoms with Crippen LogP contribution in [0, 0.1) is 12.8 Å². The van der Waals surface area contributed by atoms with Gasteiger partial charge in [0, 0.05) is 12.6 Å². The quantitative estimate of drug-likeness (QED) is 0.893. The second kappa shape index (κ2) is 5.78. The Morgan fingerprint density at radius 1 is 1.35 bits per heavy atom. The third-order valence-electron chi connectivity index (χ3n) is 3.30. The maximum Gasteiger partial charge on any atom is 0.208 e. The molecule has 1 aromatic rings. The highest BCUT2D eigenvalue weighted by Crippen LogP contribution is 2.24. The molecule has 5 heteroatoms. The van der Waals surface area contributed by atoms with E-state index >= 15 is 0 Å². The molecule has 1 fully saturated rings. The lowest BCUT2D eigenvalue weighted by atomic mass is 9.97. The van der Waals surface area contributed by atoms with Gasteiger partial charge in [0.05, 0.1) is 0 Å². The number of hydrogen-bond donors (Lipinski definition) is 1.